The molecule has 0 aromatic heterocycles. The molecule has 2 rings (SSSR count). The van der Waals surface area contributed by atoms with Gasteiger partial charge in [-0.15, -0.1) is 0 Å². The van der Waals surface area contributed by atoms with Crippen LogP contribution in [0.2, 0.25) is 0 Å². The molecule has 1 atom stereocenters. The summed E-state index contributed by atoms with van der Waals surface area (Å²) in [6.07, 6.45) is 6.23. The Morgan fingerprint density at radius 3 is 2.41 bits per heavy atom. The smallest absolute Gasteiger partial charge is 0.179 e. The highest BCUT2D eigenvalue weighted by atomic mass is 16.1. The summed E-state index contributed by atoms with van der Waals surface area (Å²) in [7, 11) is 1.90. The molecule has 1 saturated carbocycles. The van der Waals surface area contributed by atoms with Crippen molar-refractivity contribution in [2.75, 3.05) is 7.05 Å². The van der Waals surface area contributed by atoms with Crippen LogP contribution >= 0.6 is 0 Å². The summed E-state index contributed by atoms with van der Waals surface area (Å²) in [4.78, 5) is 12.4. The highest BCUT2D eigenvalue weighted by Crippen LogP contribution is 2.27. The van der Waals surface area contributed by atoms with Gasteiger partial charge < -0.3 is 5.32 Å². The first-order valence-corrected chi connectivity index (χ1v) is 6.59. The lowest BCUT2D eigenvalue weighted by molar-refractivity contribution is 0.0893. The molecule has 2 nitrogen and oxygen atoms in total. The van der Waals surface area contributed by atoms with Gasteiger partial charge in [-0.3, -0.25) is 4.79 Å². The first kappa shape index (κ1) is 12.3. The summed E-state index contributed by atoms with van der Waals surface area (Å²) in [5, 5.41) is 3.22. The summed E-state index contributed by atoms with van der Waals surface area (Å²) in [5.74, 6) is 0.765. The van der Waals surface area contributed by atoms with Crippen LogP contribution in [0.4, 0.5) is 0 Å². The van der Waals surface area contributed by atoms with E-state index >= 15 is 0 Å². The van der Waals surface area contributed by atoms with E-state index in [9.17, 15) is 4.79 Å². The number of hydrogen-bond donors (Lipinski definition) is 1. The average molecular weight is 231 g/mol. The minimum atomic E-state index is -0.00213. The zero-order chi connectivity index (χ0) is 12.1. The van der Waals surface area contributed by atoms with E-state index in [1.54, 1.807) is 0 Å². The van der Waals surface area contributed by atoms with Crippen molar-refractivity contribution in [1.29, 1.82) is 0 Å². The van der Waals surface area contributed by atoms with E-state index in [4.69, 9.17) is 0 Å². The maximum Gasteiger partial charge on any atom is 0.179 e. The van der Waals surface area contributed by atoms with E-state index in [0.29, 0.717) is 5.92 Å². The monoisotopic (exact) mass is 231 g/mol. The minimum absolute atomic E-state index is 0.00213. The maximum absolute atomic E-state index is 12.4. The molecule has 0 bridgehead atoms. The average Bonchev–Trinajstić information content (AvgIpc) is 2.42. The Morgan fingerprint density at radius 1 is 1.18 bits per heavy atom. The second-order valence-corrected chi connectivity index (χ2v) is 4.89. The molecule has 1 aromatic rings. The van der Waals surface area contributed by atoms with E-state index in [1.165, 1.54) is 32.1 Å². The van der Waals surface area contributed by atoms with E-state index in [1.807, 2.05) is 37.4 Å². The lowest BCUT2D eigenvalue weighted by atomic mass is 9.81. The summed E-state index contributed by atoms with van der Waals surface area (Å²) in [6, 6.07) is 9.64. The van der Waals surface area contributed by atoms with Crippen LogP contribution < -0.4 is 5.32 Å². The van der Waals surface area contributed by atoms with E-state index < -0.39 is 0 Å². The highest BCUT2D eigenvalue weighted by Gasteiger charge is 2.28. The van der Waals surface area contributed by atoms with E-state index in [-0.39, 0.29) is 11.8 Å². The summed E-state index contributed by atoms with van der Waals surface area (Å²) >= 11 is 0. The van der Waals surface area contributed by atoms with Gasteiger partial charge >= 0.3 is 0 Å². The fourth-order valence-corrected chi connectivity index (χ4v) is 2.83. The molecular formula is C15H21NO. The molecular weight excluding hydrogens is 210 g/mol. The first-order chi connectivity index (χ1) is 8.33. The summed E-state index contributed by atoms with van der Waals surface area (Å²) in [6.45, 7) is 0. The maximum atomic E-state index is 12.4. The molecule has 0 amide bonds. The number of nitrogens with one attached hydrogen (secondary N) is 1. The van der Waals surface area contributed by atoms with Crippen molar-refractivity contribution in [2.45, 2.75) is 38.1 Å². The van der Waals surface area contributed by atoms with Crippen molar-refractivity contribution >= 4 is 5.78 Å². The summed E-state index contributed by atoms with van der Waals surface area (Å²) in [5.41, 5.74) is 0.831. The molecule has 0 spiro atoms. The number of rotatable bonds is 4. The normalized spacial score (nSPS) is 18.9. The molecule has 1 aromatic carbocycles. The quantitative estimate of drug-likeness (QED) is 0.807. The predicted molar refractivity (Wildman–Crippen MR) is 70.2 cm³/mol. The zero-order valence-corrected chi connectivity index (χ0v) is 10.5. The van der Waals surface area contributed by atoms with Gasteiger partial charge in [-0.2, -0.15) is 0 Å². The van der Waals surface area contributed by atoms with Crippen LogP contribution in [-0.4, -0.2) is 18.9 Å². The molecule has 1 aliphatic rings. The molecule has 17 heavy (non-hydrogen) atoms. The predicted octanol–water partition coefficient (Wildman–Crippen LogP) is 3.04. The van der Waals surface area contributed by atoms with Crippen molar-refractivity contribution in [3.8, 4) is 0 Å². The fraction of sp³-hybridized carbons (Fsp3) is 0.533. The number of carbonyl (C=O) groups is 1. The Balaban J connectivity index is 2.09. The molecule has 0 radical (unpaired) electrons. The van der Waals surface area contributed by atoms with Crippen LogP contribution in [0.15, 0.2) is 30.3 Å². The second-order valence-electron chi connectivity index (χ2n) is 4.89. The van der Waals surface area contributed by atoms with Crippen molar-refractivity contribution < 1.29 is 4.79 Å². The topological polar surface area (TPSA) is 29.1 Å². The molecule has 92 valence electrons. The Hall–Kier alpha value is -1.15. The third-order valence-corrected chi connectivity index (χ3v) is 3.77. The van der Waals surface area contributed by atoms with Gasteiger partial charge in [0.05, 0.1) is 6.04 Å². The Bertz CT molecular complexity index is 354. The number of hydrogen-bond acceptors (Lipinski definition) is 2. The summed E-state index contributed by atoms with van der Waals surface area (Å²) < 4.78 is 0. The Morgan fingerprint density at radius 2 is 1.82 bits per heavy atom. The number of Topliss-reactive ketones (excluding diaryl/α,β-unsaturated/α-hetero) is 1. The van der Waals surface area contributed by atoms with Crippen LogP contribution in [0, 0.1) is 5.92 Å². The van der Waals surface area contributed by atoms with Gasteiger partial charge in [0.15, 0.2) is 5.78 Å². The van der Waals surface area contributed by atoms with E-state index in [2.05, 4.69) is 5.32 Å². The van der Waals surface area contributed by atoms with Crippen LogP contribution in [-0.2, 0) is 0 Å². The lowest BCUT2D eigenvalue weighted by Crippen LogP contribution is -2.41. The molecule has 0 heterocycles. The van der Waals surface area contributed by atoms with Crippen LogP contribution in [0.25, 0.3) is 0 Å². The largest absolute Gasteiger partial charge is 0.310 e. The molecule has 2 heteroatoms. The van der Waals surface area contributed by atoms with Crippen molar-refractivity contribution in [1.82, 2.24) is 5.32 Å². The third-order valence-electron chi connectivity index (χ3n) is 3.77. The van der Waals surface area contributed by atoms with Gasteiger partial charge in [-0.1, -0.05) is 49.6 Å². The SMILES string of the molecule is CNC(C(=O)c1ccccc1)C1CCCCC1. The lowest BCUT2D eigenvalue weighted by Gasteiger charge is -2.29. The van der Waals surface area contributed by atoms with Crippen LogP contribution in [0.3, 0.4) is 0 Å². The van der Waals surface area contributed by atoms with Crippen molar-refractivity contribution in [3.63, 3.8) is 0 Å². The Labute approximate surface area is 103 Å². The standard InChI is InChI=1S/C15H21NO/c1-16-14(12-8-4-2-5-9-12)15(17)13-10-6-3-7-11-13/h3,6-7,10-12,14,16H,2,4-5,8-9H2,1H3. The second kappa shape index (κ2) is 5.97. The van der Waals surface area contributed by atoms with Gasteiger partial charge in [0, 0.05) is 5.56 Å². The molecule has 1 aliphatic carbocycles. The molecule has 1 unspecified atom stereocenters. The molecule has 1 fully saturated rings. The number of carbonyl (C=O) groups excluding carboxylic acids is 1. The number of benzene rings is 1. The van der Waals surface area contributed by atoms with Crippen LogP contribution in [0.1, 0.15) is 42.5 Å². The minimum Gasteiger partial charge on any atom is -0.310 e. The molecule has 1 N–H and O–H groups in total. The third kappa shape index (κ3) is 2.95. The van der Waals surface area contributed by atoms with Gasteiger partial charge in [0.25, 0.3) is 0 Å². The zero-order valence-electron chi connectivity index (χ0n) is 10.5. The fourth-order valence-electron chi connectivity index (χ4n) is 2.83. The highest BCUT2D eigenvalue weighted by molar-refractivity contribution is 6.00. The van der Waals surface area contributed by atoms with Gasteiger partial charge in [0.1, 0.15) is 0 Å². The number of ketones is 1. The Kier molecular flexibility index (Phi) is 4.32. The van der Waals surface area contributed by atoms with Crippen molar-refractivity contribution in [2.24, 2.45) is 5.92 Å². The first-order valence-electron chi connectivity index (χ1n) is 6.59. The molecule has 0 aliphatic heterocycles. The van der Waals surface area contributed by atoms with E-state index in [0.717, 1.165) is 5.56 Å². The molecule has 0 saturated heterocycles. The van der Waals surface area contributed by atoms with Gasteiger partial charge in [0.2, 0.25) is 0 Å². The van der Waals surface area contributed by atoms with Crippen molar-refractivity contribution in [3.05, 3.63) is 35.9 Å². The van der Waals surface area contributed by atoms with Crippen LogP contribution in [0.5, 0.6) is 0 Å². The van der Waals surface area contributed by atoms with Gasteiger partial charge in [-0.05, 0) is 25.8 Å². The van der Waals surface area contributed by atoms with Gasteiger partial charge in [-0.25, -0.2) is 0 Å². The number of likely N-dealkylation sites (N-methyl/N-ethyl adjacent to an activating group) is 1.